The molecule has 0 N–H and O–H groups in total. The number of carbonyl (C=O) groups is 2. The van der Waals surface area contributed by atoms with Gasteiger partial charge in [0.05, 0.1) is 13.0 Å². The van der Waals surface area contributed by atoms with Crippen LogP contribution < -0.4 is 4.74 Å². The fourth-order valence-electron chi connectivity index (χ4n) is 3.98. The van der Waals surface area contributed by atoms with E-state index in [1.54, 1.807) is 19.1 Å². The molecule has 1 heterocycles. The highest BCUT2D eigenvalue weighted by molar-refractivity contribution is 9.10. The minimum absolute atomic E-state index is 0.0378. The normalized spacial score (nSPS) is 21.0. The second-order valence-corrected chi connectivity index (χ2v) is 7.95. The van der Waals surface area contributed by atoms with Crippen LogP contribution in [-0.4, -0.2) is 48.4 Å². The SMILES string of the molecule is COc1ccc(Br)cc1CN(C)C(=O)[C@H]1CC(=O)N(C2CCCC2)C1. The molecule has 0 unspecified atom stereocenters. The first kappa shape index (κ1) is 18.2. The van der Waals surface area contributed by atoms with Crippen molar-refractivity contribution in [2.75, 3.05) is 20.7 Å². The van der Waals surface area contributed by atoms with E-state index in [0.29, 0.717) is 25.6 Å². The molecule has 2 amide bonds. The third-order valence-corrected chi connectivity index (χ3v) is 5.79. The maximum Gasteiger partial charge on any atom is 0.228 e. The van der Waals surface area contributed by atoms with Crippen LogP contribution in [0.25, 0.3) is 0 Å². The number of nitrogens with zero attached hydrogens (tertiary/aromatic N) is 2. The molecule has 0 spiro atoms. The molecule has 1 aromatic rings. The van der Waals surface area contributed by atoms with Crippen molar-refractivity contribution >= 4 is 27.7 Å². The molecule has 5 nitrogen and oxygen atoms in total. The summed E-state index contributed by atoms with van der Waals surface area (Å²) in [7, 11) is 3.43. The Morgan fingerprint density at radius 1 is 1.36 bits per heavy atom. The molecule has 2 fully saturated rings. The lowest BCUT2D eigenvalue weighted by Crippen LogP contribution is -2.37. The topological polar surface area (TPSA) is 49.9 Å². The first-order valence-corrected chi connectivity index (χ1v) is 9.65. The van der Waals surface area contributed by atoms with Crippen LogP contribution in [0, 0.1) is 5.92 Å². The summed E-state index contributed by atoms with van der Waals surface area (Å²) in [6, 6.07) is 6.12. The Bertz CT molecular complexity index is 658. The maximum absolute atomic E-state index is 12.8. The van der Waals surface area contributed by atoms with Crippen molar-refractivity contribution in [3.05, 3.63) is 28.2 Å². The minimum Gasteiger partial charge on any atom is -0.496 e. The molecule has 0 bridgehead atoms. The predicted octanol–water partition coefficient (Wildman–Crippen LogP) is 3.21. The lowest BCUT2D eigenvalue weighted by atomic mass is 10.1. The number of likely N-dealkylation sites (tertiary alicyclic amines) is 1. The summed E-state index contributed by atoms with van der Waals surface area (Å²) >= 11 is 3.46. The molecule has 136 valence electrons. The van der Waals surface area contributed by atoms with Gasteiger partial charge in [-0.3, -0.25) is 9.59 Å². The fraction of sp³-hybridized carbons (Fsp3) is 0.579. The summed E-state index contributed by atoms with van der Waals surface area (Å²) in [6.45, 7) is 1.04. The van der Waals surface area contributed by atoms with Crippen LogP contribution in [-0.2, 0) is 16.1 Å². The van der Waals surface area contributed by atoms with Crippen LogP contribution in [0.5, 0.6) is 5.75 Å². The number of hydrogen-bond acceptors (Lipinski definition) is 3. The second kappa shape index (κ2) is 7.77. The average molecular weight is 409 g/mol. The Kier molecular flexibility index (Phi) is 5.67. The number of methoxy groups -OCH3 is 1. The molecule has 2 aliphatic rings. The van der Waals surface area contributed by atoms with Gasteiger partial charge >= 0.3 is 0 Å². The number of benzene rings is 1. The summed E-state index contributed by atoms with van der Waals surface area (Å²) in [5.74, 6) is 0.712. The molecular formula is C19H25BrN2O3. The van der Waals surface area contributed by atoms with Gasteiger partial charge in [-0.2, -0.15) is 0 Å². The highest BCUT2D eigenvalue weighted by atomic mass is 79.9. The monoisotopic (exact) mass is 408 g/mol. The molecule has 1 aliphatic carbocycles. The first-order chi connectivity index (χ1) is 12.0. The van der Waals surface area contributed by atoms with Gasteiger partial charge in [0.25, 0.3) is 0 Å². The lowest BCUT2D eigenvalue weighted by molar-refractivity contribution is -0.135. The standard InChI is InChI=1S/C19H25BrN2O3/c1-21(11-13-9-15(20)7-8-17(13)25-2)19(24)14-10-18(23)22(12-14)16-5-3-4-6-16/h7-9,14,16H,3-6,10-12H2,1-2H3/t14-/m0/s1. The average Bonchev–Trinajstić information content (AvgIpc) is 3.23. The summed E-state index contributed by atoms with van der Waals surface area (Å²) < 4.78 is 6.34. The van der Waals surface area contributed by atoms with E-state index in [9.17, 15) is 9.59 Å². The summed E-state index contributed by atoms with van der Waals surface area (Å²) in [5, 5.41) is 0. The van der Waals surface area contributed by atoms with E-state index in [1.807, 2.05) is 23.1 Å². The molecule has 1 saturated heterocycles. The molecule has 1 atom stereocenters. The van der Waals surface area contributed by atoms with Crippen LogP contribution in [0.1, 0.15) is 37.7 Å². The zero-order chi connectivity index (χ0) is 18.0. The van der Waals surface area contributed by atoms with Gasteiger partial charge in [0.2, 0.25) is 11.8 Å². The maximum atomic E-state index is 12.8. The number of rotatable bonds is 5. The van der Waals surface area contributed by atoms with Gasteiger partial charge in [-0.1, -0.05) is 28.8 Å². The Hall–Kier alpha value is -1.56. The van der Waals surface area contributed by atoms with Crippen molar-refractivity contribution in [1.82, 2.24) is 9.80 Å². The Labute approximate surface area is 157 Å². The van der Waals surface area contributed by atoms with Crippen LogP contribution in [0.15, 0.2) is 22.7 Å². The number of amides is 2. The lowest BCUT2D eigenvalue weighted by Gasteiger charge is -2.25. The smallest absolute Gasteiger partial charge is 0.228 e. The first-order valence-electron chi connectivity index (χ1n) is 8.86. The summed E-state index contributed by atoms with van der Waals surface area (Å²) in [4.78, 5) is 28.8. The Balaban J connectivity index is 1.65. The molecule has 0 radical (unpaired) electrons. The third-order valence-electron chi connectivity index (χ3n) is 5.30. The highest BCUT2D eigenvalue weighted by Gasteiger charge is 2.39. The zero-order valence-electron chi connectivity index (χ0n) is 14.8. The van der Waals surface area contributed by atoms with E-state index in [4.69, 9.17) is 4.74 Å². The van der Waals surface area contributed by atoms with Crippen molar-refractivity contribution in [2.24, 2.45) is 5.92 Å². The number of halogens is 1. The fourth-order valence-corrected chi connectivity index (χ4v) is 4.39. The highest BCUT2D eigenvalue weighted by Crippen LogP contribution is 2.31. The van der Waals surface area contributed by atoms with Crippen molar-refractivity contribution < 1.29 is 14.3 Å². The largest absolute Gasteiger partial charge is 0.496 e. The van der Waals surface area contributed by atoms with E-state index < -0.39 is 0 Å². The summed E-state index contributed by atoms with van der Waals surface area (Å²) in [5.41, 5.74) is 0.949. The number of hydrogen-bond donors (Lipinski definition) is 0. The second-order valence-electron chi connectivity index (χ2n) is 7.04. The molecule has 0 aromatic heterocycles. The van der Waals surface area contributed by atoms with E-state index in [2.05, 4.69) is 15.9 Å². The van der Waals surface area contributed by atoms with Crippen LogP contribution in [0.3, 0.4) is 0 Å². The van der Waals surface area contributed by atoms with Crippen molar-refractivity contribution in [2.45, 2.75) is 44.7 Å². The van der Waals surface area contributed by atoms with Gasteiger partial charge in [0.1, 0.15) is 5.75 Å². The Morgan fingerprint density at radius 2 is 2.08 bits per heavy atom. The predicted molar refractivity (Wildman–Crippen MR) is 99.2 cm³/mol. The molecule has 25 heavy (non-hydrogen) atoms. The van der Waals surface area contributed by atoms with Gasteiger partial charge in [-0.25, -0.2) is 0 Å². The number of ether oxygens (including phenoxy) is 1. The van der Waals surface area contributed by atoms with E-state index in [1.165, 1.54) is 12.8 Å². The van der Waals surface area contributed by atoms with E-state index in [0.717, 1.165) is 28.6 Å². The van der Waals surface area contributed by atoms with Gasteiger partial charge in [0, 0.05) is 42.6 Å². The third kappa shape index (κ3) is 4.00. The Morgan fingerprint density at radius 3 is 2.76 bits per heavy atom. The zero-order valence-corrected chi connectivity index (χ0v) is 16.4. The van der Waals surface area contributed by atoms with Crippen LogP contribution >= 0.6 is 15.9 Å². The van der Waals surface area contributed by atoms with Gasteiger partial charge < -0.3 is 14.5 Å². The van der Waals surface area contributed by atoms with Crippen molar-refractivity contribution in [1.29, 1.82) is 0 Å². The van der Waals surface area contributed by atoms with Crippen molar-refractivity contribution in [3.8, 4) is 5.75 Å². The molecular weight excluding hydrogens is 384 g/mol. The van der Waals surface area contributed by atoms with Crippen molar-refractivity contribution in [3.63, 3.8) is 0 Å². The number of carbonyl (C=O) groups excluding carboxylic acids is 2. The van der Waals surface area contributed by atoms with E-state index in [-0.39, 0.29) is 17.7 Å². The van der Waals surface area contributed by atoms with E-state index >= 15 is 0 Å². The molecule has 3 rings (SSSR count). The quantitative estimate of drug-likeness (QED) is 0.751. The van der Waals surface area contributed by atoms with Gasteiger partial charge in [-0.05, 0) is 31.0 Å². The van der Waals surface area contributed by atoms with Gasteiger partial charge in [0.15, 0.2) is 0 Å². The minimum atomic E-state index is -0.226. The molecule has 1 aliphatic heterocycles. The molecule has 6 heteroatoms. The van der Waals surface area contributed by atoms with Gasteiger partial charge in [-0.15, -0.1) is 0 Å². The summed E-state index contributed by atoms with van der Waals surface area (Å²) in [6.07, 6.45) is 4.88. The molecule has 1 aromatic carbocycles. The van der Waals surface area contributed by atoms with Crippen LogP contribution in [0.4, 0.5) is 0 Å². The molecule has 1 saturated carbocycles. The van der Waals surface area contributed by atoms with Crippen LogP contribution in [0.2, 0.25) is 0 Å².